The summed E-state index contributed by atoms with van der Waals surface area (Å²) in [5.41, 5.74) is 1.15. The molecule has 1 aliphatic rings. The molecule has 0 saturated carbocycles. The fourth-order valence-electron chi connectivity index (χ4n) is 3.04. The minimum Gasteiger partial charge on any atom is -0.491 e. The van der Waals surface area contributed by atoms with E-state index in [9.17, 15) is 9.59 Å². The number of carbonyl (C=O) groups excluding carboxylic acids is 2. The van der Waals surface area contributed by atoms with E-state index in [0.29, 0.717) is 68.2 Å². The number of amides is 3. The third-order valence-electron chi connectivity index (χ3n) is 4.80. The predicted molar refractivity (Wildman–Crippen MR) is 128 cm³/mol. The molecule has 2 heterocycles. The van der Waals surface area contributed by atoms with E-state index in [0.717, 1.165) is 18.8 Å². The summed E-state index contributed by atoms with van der Waals surface area (Å²) >= 11 is 6.07. The number of urea groups is 1. The first-order valence-corrected chi connectivity index (χ1v) is 11.4. The number of aryl methyl sites for hydroxylation is 1. The van der Waals surface area contributed by atoms with Gasteiger partial charge in [0, 0.05) is 31.2 Å². The molecule has 12 heteroatoms. The van der Waals surface area contributed by atoms with Crippen molar-refractivity contribution in [3.63, 3.8) is 0 Å². The Morgan fingerprint density at radius 2 is 1.97 bits per heavy atom. The number of rotatable bonds is 10. The Labute approximate surface area is 203 Å². The van der Waals surface area contributed by atoms with Crippen molar-refractivity contribution < 1.29 is 23.8 Å². The molecule has 2 aromatic rings. The Morgan fingerprint density at radius 3 is 2.74 bits per heavy atom. The molecule has 0 bridgehead atoms. The van der Waals surface area contributed by atoms with E-state index >= 15 is 0 Å². The number of halogens is 1. The van der Waals surface area contributed by atoms with Crippen molar-refractivity contribution in [1.29, 1.82) is 0 Å². The highest BCUT2D eigenvalue weighted by molar-refractivity contribution is 6.31. The maximum atomic E-state index is 12.3. The quantitative estimate of drug-likeness (QED) is 0.432. The van der Waals surface area contributed by atoms with Gasteiger partial charge in [-0.15, -0.1) is 0 Å². The number of hydrogen-bond donors (Lipinski definition) is 3. The van der Waals surface area contributed by atoms with Gasteiger partial charge in [-0.3, -0.25) is 15.2 Å². The summed E-state index contributed by atoms with van der Waals surface area (Å²) in [6.07, 6.45) is 3.10. The number of benzene rings is 1. The maximum Gasteiger partial charge on any atom is 0.407 e. The number of anilines is 2. The molecule has 0 radical (unpaired) electrons. The van der Waals surface area contributed by atoms with Gasteiger partial charge in [0.2, 0.25) is 0 Å². The minimum atomic E-state index is -0.508. The standard InChI is InChI=1S/C22H29ClN6O5/c1-16-14-26-20(15-25-16)28-21(30)27-18-13-17(23)3-4-19(18)33-9-2-5-24-22(31)34-12-8-29-6-10-32-11-7-29/h3-4,13-15H,2,5-12H2,1H3,(H,24,31)(H2,26,27,28,30). The lowest BCUT2D eigenvalue weighted by atomic mass is 10.3. The molecule has 3 rings (SSSR count). The number of alkyl carbamates (subject to hydrolysis) is 1. The van der Waals surface area contributed by atoms with Gasteiger partial charge in [0.1, 0.15) is 12.4 Å². The van der Waals surface area contributed by atoms with Crippen LogP contribution in [0.2, 0.25) is 5.02 Å². The molecule has 3 N–H and O–H groups in total. The van der Waals surface area contributed by atoms with Crippen LogP contribution in [-0.4, -0.2) is 79.6 Å². The molecule has 1 saturated heterocycles. The Balaban J connectivity index is 1.36. The highest BCUT2D eigenvalue weighted by atomic mass is 35.5. The maximum absolute atomic E-state index is 12.3. The fraction of sp³-hybridized carbons (Fsp3) is 0.455. The Hall–Kier alpha value is -3.15. The van der Waals surface area contributed by atoms with Gasteiger partial charge < -0.3 is 24.8 Å². The van der Waals surface area contributed by atoms with Gasteiger partial charge in [0.05, 0.1) is 43.6 Å². The zero-order valence-electron chi connectivity index (χ0n) is 19.0. The highest BCUT2D eigenvalue weighted by Crippen LogP contribution is 2.28. The lowest BCUT2D eigenvalue weighted by molar-refractivity contribution is 0.0281. The monoisotopic (exact) mass is 492 g/mol. The number of carbonyl (C=O) groups is 2. The van der Waals surface area contributed by atoms with Crippen LogP contribution in [0.15, 0.2) is 30.6 Å². The lowest BCUT2D eigenvalue weighted by Gasteiger charge is -2.26. The van der Waals surface area contributed by atoms with Crippen molar-refractivity contribution >= 4 is 35.2 Å². The van der Waals surface area contributed by atoms with Gasteiger partial charge in [-0.05, 0) is 31.5 Å². The smallest absolute Gasteiger partial charge is 0.407 e. The molecular formula is C22H29ClN6O5. The molecule has 11 nitrogen and oxygen atoms in total. The summed E-state index contributed by atoms with van der Waals surface area (Å²) in [4.78, 5) is 34.5. The molecule has 0 atom stereocenters. The van der Waals surface area contributed by atoms with Crippen LogP contribution in [0.4, 0.5) is 21.1 Å². The van der Waals surface area contributed by atoms with Crippen molar-refractivity contribution in [1.82, 2.24) is 20.2 Å². The van der Waals surface area contributed by atoms with E-state index in [4.69, 9.17) is 25.8 Å². The van der Waals surface area contributed by atoms with Crippen LogP contribution in [0.5, 0.6) is 5.75 Å². The van der Waals surface area contributed by atoms with Gasteiger partial charge in [-0.1, -0.05) is 11.6 Å². The Bertz CT molecular complexity index is 940. The van der Waals surface area contributed by atoms with E-state index in [-0.39, 0.29) is 0 Å². The normalized spacial score (nSPS) is 13.7. The molecule has 0 aliphatic carbocycles. The molecule has 34 heavy (non-hydrogen) atoms. The van der Waals surface area contributed by atoms with Gasteiger partial charge >= 0.3 is 12.1 Å². The number of aromatic nitrogens is 2. The predicted octanol–water partition coefficient (Wildman–Crippen LogP) is 2.91. The van der Waals surface area contributed by atoms with Gasteiger partial charge in [-0.2, -0.15) is 0 Å². The molecule has 1 fully saturated rings. The van der Waals surface area contributed by atoms with Crippen LogP contribution in [-0.2, 0) is 9.47 Å². The summed E-state index contributed by atoms with van der Waals surface area (Å²) in [6.45, 7) is 6.66. The average molecular weight is 493 g/mol. The molecule has 0 unspecified atom stereocenters. The Kier molecular flexibility index (Phi) is 10.1. The molecule has 3 amide bonds. The van der Waals surface area contributed by atoms with Crippen molar-refractivity contribution in [2.24, 2.45) is 0 Å². The van der Waals surface area contributed by atoms with Gasteiger partial charge in [0.15, 0.2) is 5.82 Å². The van der Waals surface area contributed by atoms with E-state index in [1.807, 2.05) is 0 Å². The number of nitrogens with zero attached hydrogens (tertiary/aromatic N) is 3. The minimum absolute atomic E-state index is 0.315. The van der Waals surface area contributed by atoms with Crippen LogP contribution in [0.1, 0.15) is 12.1 Å². The first-order chi connectivity index (χ1) is 16.5. The summed E-state index contributed by atoms with van der Waals surface area (Å²) in [5, 5.41) is 8.43. The molecule has 0 spiro atoms. The number of ether oxygens (including phenoxy) is 3. The average Bonchev–Trinajstić information content (AvgIpc) is 2.82. The summed E-state index contributed by atoms with van der Waals surface area (Å²) in [7, 11) is 0. The second-order valence-corrected chi connectivity index (χ2v) is 7.92. The van der Waals surface area contributed by atoms with E-state index in [1.165, 1.54) is 6.20 Å². The third kappa shape index (κ3) is 9.00. The zero-order valence-corrected chi connectivity index (χ0v) is 19.8. The topological polar surface area (TPSA) is 127 Å². The van der Waals surface area contributed by atoms with E-state index in [1.54, 1.807) is 31.3 Å². The van der Waals surface area contributed by atoms with Crippen molar-refractivity contribution in [3.05, 3.63) is 41.3 Å². The number of morpholine rings is 1. The highest BCUT2D eigenvalue weighted by Gasteiger charge is 2.12. The summed E-state index contributed by atoms with van der Waals surface area (Å²) in [6, 6.07) is 4.40. The van der Waals surface area contributed by atoms with Crippen molar-refractivity contribution in [3.8, 4) is 5.75 Å². The summed E-state index contributed by atoms with van der Waals surface area (Å²) in [5.74, 6) is 0.762. The number of hydrogen-bond acceptors (Lipinski definition) is 8. The third-order valence-corrected chi connectivity index (χ3v) is 5.04. The van der Waals surface area contributed by atoms with Crippen molar-refractivity contribution in [2.75, 3.05) is 63.2 Å². The lowest BCUT2D eigenvalue weighted by Crippen LogP contribution is -2.39. The Morgan fingerprint density at radius 1 is 1.15 bits per heavy atom. The van der Waals surface area contributed by atoms with E-state index in [2.05, 4.69) is 30.8 Å². The molecule has 1 aromatic carbocycles. The number of nitrogens with one attached hydrogen (secondary N) is 3. The van der Waals surface area contributed by atoms with Crippen LogP contribution < -0.4 is 20.7 Å². The summed E-state index contributed by atoms with van der Waals surface area (Å²) < 4.78 is 16.2. The van der Waals surface area contributed by atoms with Crippen LogP contribution in [0.25, 0.3) is 0 Å². The van der Waals surface area contributed by atoms with Crippen LogP contribution >= 0.6 is 11.6 Å². The fourth-order valence-corrected chi connectivity index (χ4v) is 3.21. The van der Waals surface area contributed by atoms with Crippen molar-refractivity contribution in [2.45, 2.75) is 13.3 Å². The zero-order chi connectivity index (χ0) is 24.2. The second kappa shape index (κ2) is 13.5. The van der Waals surface area contributed by atoms with Gasteiger partial charge in [-0.25, -0.2) is 14.6 Å². The molecular weight excluding hydrogens is 464 g/mol. The first kappa shape index (κ1) is 25.5. The van der Waals surface area contributed by atoms with E-state index < -0.39 is 12.1 Å². The van der Waals surface area contributed by atoms with Gasteiger partial charge in [0.25, 0.3) is 0 Å². The van der Waals surface area contributed by atoms with Crippen LogP contribution in [0.3, 0.4) is 0 Å². The molecule has 1 aliphatic heterocycles. The molecule has 184 valence electrons. The first-order valence-electron chi connectivity index (χ1n) is 11.0. The SMILES string of the molecule is Cc1cnc(NC(=O)Nc2cc(Cl)ccc2OCCCNC(=O)OCCN2CCOCC2)cn1. The largest absolute Gasteiger partial charge is 0.491 e. The molecule has 1 aromatic heterocycles. The second-order valence-electron chi connectivity index (χ2n) is 7.48. The van der Waals surface area contributed by atoms with Crippen LogP contribution in [0, 0.1) is 6.92 Å².